The topological polar surface area (TPSA) is 62.1 Å². The predicted octanol–water partition coefficient (Wildman–Crippen LogP) is 4.83. The molecule has 0 saturated carbocycles. The fourth-order valence-electron chi connectivity index (χ4n) is 5.23. The number of hydrogen-bond acceptors (Lipinski definition) is 7. The molecular weight excluding hydrogens is 485 g/mol. The van der Waals surface area contributed by atoms with Crippen LogP contribution >= 0.6 is 22.9 Å². The van der Waals surface area contributed by atoms with Crippen LogP contribution in [-0.2, 0) is 19.4 Å². The lowest BCUT2D eigenvalue weighted by Gasteiger charge is -2.21. The van der Waals surface area contributed by atoms with Crippen molar-refractivity contribution in [3.8, 4) is 10.4 Å². The van der Waals surface area contributed by atoms with E-state index in [4.69, 9.17) is 16.7 Å². The van der Waals surface area contributed by atoms with Crippen LogP contribution in [-0.4, -0.2) is 69.3 Å². The molecule has 7 nitrogen and oxygen atoms in total. The second-order valence-electron chi connectivity index (χ2n) is 9.50. The number of fused-ring (bicyclic) bond motifs is 5. The molecule has 35 heavy (non-hydrogen) atoms. The SMILES string of the molecule is CN(C)C1CCN(CCn2ncc3c2CCc2c-3sc3ncnc(Nc4ccc(F)c(Cl)c4)c23)C1. The first-order chi connectivity index (χ1) is 17.0. The summed E-state index contributed by atoms with van der Waals surface area (Å²) >= 11 is 7.67. The summed E-state index contributed by atoms with van der Waals surface area (Å²) in [6, 6.07) is 5.25. The summed E-state index contributed by atoms with van der Waals surface area (Å²) in [6.45, 7) is 4.22. The number of aryl methyl sites for hydroxylation is 1. The number of likely N-dealkylation sites (tertiary alicyclic amines) is 1. The Labute approximate surface area is 212 Å². The Bertz CT molecular complexity index is 1400. The van der Waals surface area contributed by atoms with Gasteiger partial charge in [0.25, 0.3) is 0 Å². The van der Waals surface area contributed by atoms with Crippen LogP contribution in [0.1, 0.15) is 17.7 Å². The van der Waals surface area contributed by atoms with E-state index in [0.717, 1.165) is 55.1 Å². The van der Waals surface area contributed by atoms with Gasteiger partial charge in [0.15, 0.2) is 0 Å². The van der Waals surface area contributed by atoms with Crippen molar-refractivity contribution in [2.75, 3.05) is 39.0 Å². The molecule has 1 aliphatic heterocycles. The lowest BCUT2D eigenvalue weighted by molar-refractivity contribution is 0.260. The molecule has 4 heterocycles. The third-order valence-electron chi connectivity index (χ3n) is 7.18. The number of halogens is 2. The number of hydrogen-bond donors (Lipinski definition) is 1. The van der Waals surface area contributed by atoms with Crippen molar-refractivity contribution < 1.29 is 4.39 Å². The third kappa shape index (κ3) is 4.20. The maximum Gasteiger partial charge on any atom is 0.142 e. The summed E-state index contributed by atoms with van der Waals surface area (Å²) < 4.78 is 15.8. The van der Waals surface area contributed by atoms with E-state index < -0.39 is 5.82 Å². The molecule has 1 unspecified atom stereocenters. The fraction of sp³-hybridized carbons (Fsp3) is 0.400. The molecule has 1 N–H and O–H groups in total. The van der Waals surface area contributed by atoms with E-state index in [0.29, 0.717) is 11.7 Å². The highest BCUT2D eigenvalue weighted by atomic mass is 35.5. The zero-order valence-corrected chi connectivity index (χ0v) is 21.3. The second kappa shape index (κ2) is 9.13. The molecule has 4 aromatic rings. The van der Waals surface area contributed by atoms with Crippen LogP contribution in [0.25, 0.3) is 20.7 Å². The van der Waals surface area contributed by atoms with Crippen LogP contribution < -0.4 is 5.32 Å². The van der Waals surface area contributed by atoms with Crippen LogP contribution in [0.4, 0.5) is 15.9 Å². The van der Waals surface area contributed by atoms with Gasteiger partial charge in [0.2, 0.25) is 0 Å². The number of rotatable bonds is 6. The molecule has 1 saturated heterocycles. The number of benzene rings is 1. The van der Waals surface area contributed by atoms with Gasteiger partial charge in [0, 0.05) is 41.0 Å². The molecule has 6 rings (SSSR count). The van der Waals surface area contributed by atoms with Crippen molar-refractivity contribution in [3.63, 3.8) is 0 Å². The summed E-state index contributed by atoms with van der Waals surface area (Å²) in [5.41, 5.74) is 4.46. The van der Waals surface area contributed by atoms with Gasteiger partial charge in [0.05, 0.1) is 23.2 Å². The number of anilines is 2. The van der Waals surface area contributed by atoms with Crippen molar-refractivity contribution in [2.24, 2.45) is 0 Å². The highest BCUT2D eigenvalue weighted by Crippen LogP contribution is 2.45. The molecule has 0 amide bonds. The Kier molecular flexibility index (Phi) is 5.96. The minimum atomic E-state index is -0.440. The van der Waals surface area contributed by atoms with Gasteiger partial charge in [-0.3, -0.25) is 9.58 Å². The van der Waals surface area contributed by atoms with Crippen LogP contribution in [0.3, 0.4) is 0 Å². The Morgan fingerprint density at radius 2 is 2.11 bits per heavy atom. The molecule has 0 radical (unpaired) electrons. The van der Waals surface area contributed by atoms with Crippen LogP contribution in [0.2, 0.25) is 5.02 Å². The van der Waals surface area contributed by atoms with Crippen molar-refractivity contribution in [3.05, 3.63) is 52.8 Å². The molecule has 182 valence electrons. The molecule has 3 aromatic heterocycles. The van der Waals surface area contributed by atoms with Gasteiger partial charge >= 0.3 is 0 Å². The lowest BCUT2D eigenvalue weighted by atomic mass is 9.95. The maximum atomic E-state index is 13.6. The van der Waals surface area contributed by atoms with E-state index in [1.54, 1.807) is 29.8 Å². The zero-order valence-electron chi connectivity index (χ0n) is 19.8. The number of aromatic nitrogens is 4. The van der Waals surface area contributed by atoms with Gasteiger partial charge in [-0.25, -0.2) is 14.4 Å². The summed E-state index contributed by atoms with van der Waals surface area (Å²) in [7, 11) is 4.33. The summed E-state index contributed by atoms with van der Waals surface area (Å²) in [5.74, 6) is 0.278. The molecule has 0 spiro atoms. The summed E-state index contributed by atoms with van der Waals surface area (Å²) in [6.07, 6.45) is 6.66. The first kappa shape index (κ1) is 22.8. The molecule has 1 aliphatic carbocycles. The zero-order chi connectivity index (χ0) is 24.1. The Morgan fingerprint density at radius 3 is 2.91 bits per heavy atom. The quantitative estimate of drug-likeness (QED) is 0.400. The first-order valence-corrected chi connectivity index (χ1v) is 13.1. The molecule has 0 bridgehead atoms. The average Bonchev–Trinajstić information content (AvgIpc) is 3.56. The number of nitrogens with zero attached hydrogens (tertiary/aromatic N) is 6. The third-order valence-corrected chi connectivity index (χ3v) is 8.64. The smallest absolute Gasteiger partial charge is 0.142 e. The molecular formula is C25H27ClFN7S. The van der Waals surface area contributed by atoms with Gasteiger partial charge in [-0.15, -0.1) is 11.3 Å². The first-order valence-electron chi connectivity index (χ1n) is 11.9. The van der Waals surface area contributed by atoms with Gasteiger partial charge in [0.1, 0.15) is 22.8 Å². The van der Waals surface area contributed by atoms with Crippen molar-refractivity contribution in [2.45, 2.75) is 31.8 Å². The molecule has 10 heteroatoms. The van der Waals surface area contributed by atoms with Gasteiger partial charge in [-0.05, 0) is 63.7 Å². The molecule has 1 fully saturated rings. The van der Waals surface area contributed by atoms with E-state index in [-0.39, 0.29) is 5.02 Å². The van der Waals surface area contributed by atoms with E-state index in [1.165, 1.54) is 34.2 Å². The monoisotopic (exact) mass is 511 g/mol. The maximum absolute atomic E-state index is 13.6. The Balaban J connectivity index is 1.27. The van der Waals surface area contributed by atoms with Crippen molar-refractivity contribution in [1.82, 2.24) is 29.5 Å². The normalized spacial score (nSPS) is 17.8. The number of nitrogens with one attached hydrogen (secondary N) is 1. The Morgan fingerprint density at radius 1 is 1.23 bits per heavy atom. The second-order valence-corrected chi connectivity index (χ2v) is 10.9. The fourth-order valence-corrected chi connectivity index (χ4v) is 6.63. The molecule has 2 aliphatic rings. The average molecular weight is 512 g/mol. The minimum absolute atomic E-state index is 0.0795. The van der Waals surface area contributed by atoms with Gasteiger partial charge in [-0.1, -0.05) is 11.6 Å². The van der Waals surface area contributed by atoms with Crippen LogP contribution in [0, 0.1) is 5.82 Å². The number of thiophene rings is 1. The van der Waals surface area contributed by atoms with Gasteiger partial charge in [-0.2, -0.15) is 5.10 Å². The molecule has 1 atom stereocenters. The number of likely N-dealkylation sites (N-methyl/N-ethyl adjacent to an activating group) is 1. The van der Waals surface area contributed by atoms with Crippen molar-refractivity contribution >= 4 is 44.7 Å². The molecule has 1 aromatic carbocycles. The van der Waals surface area contributed by atoms with E-state index in [1.807, 2.05) is 6.20 Å². The van der Waals surface area contributed by atoms with Crippen molar-refractivity contribution in [1.29, 1.82) is 0 Å². The minimum Gasteiger partial charge on any atom is -0.340 e. The summed E-state index contributed by atoms with van der Waals surface area (Å²) in [4.78, 5) is 16.1. The van der Waals surface area contributed by atoms with Gasteiger partial charge < -0.3 is 10.2 Å². The highest BCUT2D eigenvalue weighted by Gasteiger charge is 2.28. The van der Waals surface area contributed by atoms with E-state index in [9.17, 15) is 4.39 Å². The van der Waals surface area contributed by atoms with E-state index in [2.05, 4.69) is 43.9 Å². The highest BCUT2D eigenvalue weighted by molar-refractivity contribution is 7.22. The summed E-state index contributed by atoms with van der Waals surface area (Å²) in [5, 5.41) is 9.20. The standard InChI is InChI=1S/C25H27ClFN7S/c1-32(2)16-7-8-33(13-16)9-10-34-21-6-4-17-22-24(31-15-3-5-20(27)19(26)11-15)28-14-29-25(22)35-23(17)18(21)12-30-34/h3,5,11-12,14,16H,4,6-10,13H2,1-2H3,(H,28,29,31). The predicted molar refractivity (Wildman–Crippen MR) is 139 cm³/mol. The lowest BCUT2D eigenvalue weighted by Crippen LogP contribution is -2.33. The van der Waals surface area contributed by atoms with E-state index >= 15 is 0 Å². The largest absolute Gasteiger partial charge is 0.340 e. The Hall–Kier alpha value is -2.59. The van der Waals surface area contributed by atoms with Crippen LogP contribution in [0.15, 0.2) is 30.7 Å². The van der Waals surface area contributed by atoms with Crippen LogP contribution in [0.5, 0.6) is 0 Å².